The van der Waals surface area contributed by atoms with E-state index in [4.69, 9.17) is 16.3 Å². The highest BCUT2D eigenvalue weighted by Crippen LogP contribution is 2.34. The number of ether oxygens (including phenoxy) is 1. The van der Waals surface area contributed by atoms with Crippen molar-refractivity contribution in [1.82, 2.24) is 4.98 Å². The summed E-state index contributed by atoms with van der Waals surface area (Å²) in [4.78, 5) is 13.7. The highest BCUT2D eigenvalue weighted by Gasteiger charge is 2.44. The molecular weight excluding hydrogens is 458 g/mol. The standard InChI is InChI=1S/C26H24ClNO6/c27-20-9-8-18(26-25(33)24(32)23(31)21(14-29)34-26)12-19(20)11-16-4-1-15(2-5-16)3-6-17-7-10-22(30)28-13-17/h1-2,4-5,7-10,12-13,21,23-26,29,31-33H,11,14H2,(H,28,30)/t21-,23-,24+,25-,26+/m1/s1. The first-order valence-electron chi connectivity index (χ1n) is 10.7. The highest BCUT2D eigenvalue weighted by molar-refractivity contribution is 6.31. The molecule has 1 aromatic heterocycles. The van der Waals surface area contributed by atoms with Gasteiger partial charge in [-0.05, 0) is 47.4 Å². The summed E-state index contributed by atoms with van der Waals surface area (Å²) in [6, 6.07) is 15.9. The van der Waals surface area contributed by atoms with Gasteiger partial charge in [-0.15, -0.1) is 0 Å². The molecule has 176 valence electrons. The van der Waals surface area contributed by atoms with Gasteiger partial charge in [0.1, 0.15) is 30.5 Å². The molecule has 0 bridgehead atoms. The quantitative estimate of drug-likeness (QED) is 0.360. The Morgan fingerprint density at radius 2 is 1.62 bits per heavy atom. The molecule has 1 fully saturated rings. The summed E-state index contributed by atoms with van der Waals surface area (Å²) < 4.78 is 5.66. The average Bonchev–Trinajstić information content (AvgIpc) is 2.85. The fourth-order valence-corrected chi connectivity index (χ4v) is 4.03. The normalized spacial score (nSPS) is 24.3. The monoisotopic (exact) mass is 481 g/mol. The lowest BCUT2D eigenvalue weighted by atomic mass is 9.90. The fourth-order valence-electron chi connectivity index (χ4n) is 3.84. The van der Waals surface area contributed by atoms with Crippen molar-refractivity contribution >= 4 is 11.6 Å². The summed E-state index contributed by atoms with van der Waals surface area (Å²) in [6.45, 7) is -0.487. The first-order valence-corrected chi connectivity index (χ1v) is 11.1. The zero-order chi connectivity index (χ0) is 24.2. The van der Waals surface area contributed by atoms with Gasteiger partial charge >= 0.3 is 0 Å². The zero-order valence-corrected chi connectivity index (χ0v) is 18.8. The number of pyridine rings is 1. The summed E-state index contributed by atoms with van der Waals surface area (Å²) in [7, 11) is 0. The first-order chi connectivity index (χ1) is 16.4. The Kier molecular flexibility index (Phi) is 7.49. The smallest absolute Gasteiger partial charge is 0.247 e. The molecule has 8 heteroatoms. The summed E-state index contributed by atoms with van der Waals surface area (Å²) in [5.74, 6) is 6.04. The van der Waals surface area contributed by atoms with Crippen LogP contribution in [0.3, 0.4) is 0 Å². The van der Waals surface area contributed by atoms with Crippen LogP contribution in [-0.4, -0.2) is 56.4 Å². The van der Waals surface area contributed by atoms with Crippen LogP contribution in [0.5, 0.6) is 0 Å². The van der Waals surface area contributed by atoms with Gasteiger partial charge in [0.25, 0.3) is 0 Å². The first kappa shape index (κ1) is 24.2. The molecule has 0 radical (unpaired) electrons. The number of aromatic nitrogens is 1. The third-order valence-electron chi connectivity index (χ3n) is 5.77. The minimum Gasteiger partial charge on any atom is -0.394 e. The summed E-state index contributed by atoms with van der Waals surface area (Å²) in [5, 5.41) is 40.5. The van der Waals surface area contributed by atoms with Crippen molar-refractivity contribution in [2.45, 2.75) is 36.9 Å². The van der Waals surface area contributed by atoms with E-state index in [1.54, 1.807) is 30.5 Å². The predicted molar refractivity (Wildman–Crippen MR) is 126 cm³/mol. The van der Waals surface area contributed by atoms with Crippen LogP contribution in [0.1, 0.15) is 33.9 Å². The maximum absolute atomic E-state index is 11.1. The third kappa shape index (κ3) is 5.40. The third-order valence-corrected chi connectivity index (χ3v) is 6.14. The van der Waals surface area contributed by atoms with Gasteiger partial charge in [0, 0.05) is 28.4 Å². The van der Waals surface area contributed by atoms with Crippen molar-refractivity contribution in [1.29, 1.82) is 0 Å². The largest absolute Gasteiger partial charge is 0.394 e. The minimum absolute atomic E-state index is 0.177. The van der Waals surface area contributed by atoms with Crippen molar-refractivity contribution in [3.05, 3.63) is 104 Å². The molecule has 5 N–H and O–H groups in total. The second-order valence-electron chi connectivity index (χ2n) is 8.17. The van der Waals surface area contributed by atoms with Gasteiger partial charge in [-0.3, -0.25) is 4.79 Å². The molecule has 0 spiro atoms. The maximum Gasteiger partial charge on any atom is 0.247 e. The number of aromatic amines is 1. The molecule has 0 saturated carbocycles. The molecule has 1 aliphatic rings. The van der Waals surface area contributed by atoms with Gasteiger partial charge in [0.15, 0.2) is 0 Å². The fraction of sp³-hybridized carbons (Fsp3) is 0.269. The Hall–Kier alpha value is -2.96. The van der Waals surface area contributed by atoms with Crippen LogP contribution in [0.2, 0.25) is 5.02 Å². The van der Waals surface area contributed by atoms with Crippen molar-refractivity contribution < 1.29 is 25.2 Å². The molecule has 1 saturated heterocycles. The summed E-state index contributed by atoms with van der Waals surface area (Å²) in [6.07, 6.45) is -4.03. The number of aliphatic hydroxyl groups excluding tert-OH is 4. The second kappa shape index (κ2) is 10.5. The van der Waals surface area contributed by atoms with Crippen LogP contribution in [0.4, 0.5) is 0 Å². The van der Waals surface area contributed by atoms with E-state index >= 15 is 0 Å². The van der Waals surface area contributed by atoms with Crippen molar-refractivity contribution in [3.8, 4) is 11.8 Å². The topological polar surface area (TPSA) is 123 Å². The van der Waals surface area contributed by atoms with E-state index in [9.17, 15) is 25.2 Å². The van der Waals surface area contributed by atoms with E-state index < -0.39 is 37.1 Å². The lowest BCUT2D eigenvalue weighted by Gasteiger charge is -2.40. The minimum atomic E-state index is -1.44. The van der Waals surface area contributed by atoms with Crippen molar-refractivity contribution in [3.63, 3.8) is 0 Å². The van der Waals surface area contributed by atoms with Crippen LogP contribution in [0.15, 0.2) is 65.6 Å². The van der Waals surface area contributed by atoms with E-state index in [1.165, 1.54) is 6.07 Å². The Labute approximate surface area is 201 Å². The van der Waals surface area contributed by atoms with Gasteiger partial charge < -0.3 is 30.1 Å². The number of hydrogen-bond acceptors (Lipinski definition) is 6. The van der Waals surface area contributed by atoms with Gasteiger partial charge in [0.2, 0.25) is 5.56 Å². The molecule has 2 heterocycles. The molecule has 34 heavy (non-hydrogen) atoms. The summed E-state index contributed by atoms with van der Waals surface area (Å²) in [5.41, 5.74) is 3.71. The lowest BCUT2D eigenvalue weighted by molar-refractivity contribution is -0.231. The molecule has 0 amide bonds. The SMILES string of the molecule is O=c1ccc(C#Cc2ccc(Cc3cc([C@@H]4O[C@H](CO)[C@@H](O)[C@H](O)[C@H]4O)ccc3Cl)cc2)c[nH]1. The second-order valence-corrected chi connectivity index (χ2v) is 8.57. The number of aliphatic hydroxyl groups is 4. The molecule has 0 aliphatic carbocycles. The van der Waals surface area contributed by atoms with Crippen LogP contribution in [-0.2, 0) is 11.2 Å². The molecular formula is C26H24ClNO6. The number of H-pyrrole nitrogens is 1. The van der Waals surface area contributed by atoms with Crippen molar-refractivity contribution in [2.24, 2.45) is 0 Å². The average molecular weight is 482 g/mol. The highest BCUT2D eigenvalue weighted by atomic mass is 35.5. The number of nitrogens with one attached hydrogen (secondary N) is 1. The molecule has 5 atom stereocenters. The Bertz CT molecular complexity index is 1240. The van der Waals surface area contributed by atoms with Crippen LogP contribution in [0, 0.1) is 11.8 Å². The van der Waals surface area contributed by atoms with E-state index in [-0.39, 0.29) is 5.56 Å². The lowest BCUT2D eigenvalue weighted by Crippen LogP contribution is -2.55. The molecule has 1 aliphatic heterocycles. The summed E-state index contributed by atoms with van der Waals surface area (Å²) >= 11 is 6.41. The molecule has 2 aromatic carbocycles. The number of hydrogen-bond donors (Lipinski definition) is 5. The van der Waals surface area contributed by atoms with E-state index in [0.717, 1.165) is 16.7 Å². The van der Waals surface area contributed by atoms with Crippen LogP contribution in [0.25, 0.3) is 0 Å². The Morgan fingerprint density at radius 3 is 2.29 bits per heavy atom. The zero-order valence-electron chi connectivity index (χ0n) is 18.1. The van der Waals surface area contributed by atoms with Crippen molar-refractivity contribution in [2.75, 3.05) is 6.61 Å². The molecule has 7 nitrogen and oxygen atoms in total. The van der Waals surface area contributed by atoms with Gasteiger partial charge in [-0.1, -0.05) is 47.7 Å². The van der Waals surface area contributed by atoms with Crippen LogP contribution < -0.4 is 5.56 Å². The van der Waals surface area contributed by atoms with E-state index in [2.05, 4.69) is 16.8 Å². The maximum atomic E-state index is 11.1. The molecule has 4 rings (SSSR count). The number of halogens is 1. The number of rotatable bonds is 4. The van der Waals surface area contributed by atoms with Crippen LogP contribution >= 0.6 is 11.6 Å². The van der Waals surface area contributed by atoms with E-state index in [0.29, 0.717) is 22.6 Å². The van der Waals surface area contributed by atoms with E-state index in [1.807, 2.05) is 24.3 Å². The van der Waals surface area contributed by atoms with Gasteiger partial charge in [-0.2, -0.15) is 0 Å². The number of benzene rings is 2. The van der Waals surface area contributed by atoms with Gasteiger partial charge in [0.05, 0.1) is 6.61 Å². The molecule has 0 unspecified atom stereocenters. The Balaban J connectivity index is 1.51. The molecule has 3 aromatic rings. The Morgan fingerprint density at radius 1 is 0.912 bits per heavy atom. The predicted octanol–water partition coefficient (Wildman–Crippen LogP) is 1.53. The van der Waals surface area contributed by atoms with Gasteiger partial charge in [-0.25, -0.2) is 0 Å².